The molecule has 0 bridgehead atoms. The van der Waals surface area contributed by atoms with Crippen LogP contribution >= 0.6 is 22.9 Å². The van der Waals surface area contributed by atoms with Crippen LogP contribution in [0.1, 0.15) is 24.2 Å². The third-order valence-electron chi connectivity index (χ3n) is 4.11. The molecule has 1 amide bonds. The largest absolute Gasteiger partial charge is 0.298 e. The molecule has 0 saturated heterocycles. The number of carbonyl (C=O) groups is 1. The van der Waals surface area contributed by atoms with Crippen molar-refractivity contribution >= 4 is 54.2 Å². The van der Waals surface area contributed by atoms with E-state index in [1.165, 1.54) is 28.6 Å². The van der Waals surface area contributed by atoms with E-state index in [-0.39, 0.29) is 20.6 Å². The van der Waals surface area contributed by atoms with Gasteiger partial charge in [-0.05, 0) is 30.3 Å². The number of hydrogen-bond acceptors (Lipinski definition) is 5. The van der Waals surface area contributed by atoms with Gasteiger partial charge in [0.15, 0.2) is 5.13 Å². The monoisotopic (exact) mass is 441 g/mol. The smallest absolute Gasteiger partial charge is 0.261 e. The van der Waals surface area contributed by atoms with E-state index in [1.807, 2.05) is 0 Å². The predicted octanol–water partition coefficient (Wildman–Crippen LogP) is 4.37. The van der Waals surface area contributed by atoms with Crippen molar-refractivity contribution in [2.45, 2.75) is 18.7 Å². The molecule has 0 unspecified atom stereocenters. The number of rotatable bonds is 6. The van der Waals surface area contributed by atoms with E-state index >= 15 is 0 Å². The van der Waals surface area contributed by atoms with Crippen molar-refractivity contribution in [2.75, 3.05) is 18.4 Å². The third kappa shape index (κ3) is 3.88. The molecule has 0 fully saturated rings. The highest BCUT2D eigenvalue weighted by atomic mass is 35.5. The number of nitrogens with zero attached hydrogens (tertiary/aromatic N) is 2. The van der Waals surface area contributed by atoms with Crippen molar-refractivity contribution in [1.82, 2.24) is 9.29 Å². The maximum Gasteiger partial charge on any atom is 0.261 e. The minimum Gasteiger partial charge on any atom is -0.298 e. The van der Waals surface area contributed by atoms with Crippen molar-refractivity contribution in [2.24, 2.45) is 0 Å². The Morgan fingerprint density at radius 1 is 1.25 bits per heavy atom. The van der Waals surface area contributed by atoms with E-state index in [9.17, 15) is 17.6 Å². The molecule has 6 nitrogen and oxygen atoms in total. The summed E-state index contributed by atoms with van der Waals surface area (Å²) in [7, 11) is -3.60. The number of benzene rings is 2. The maximum absolute atomic E-state index is 13.9. The quantitative estimate of drug-likeness (QED) is 0.616. The molecule has 1 aromatic heterocycles. The molecule has 1 heterocycles. The normalized spacial score (nSPS) is 11.9. The molecule has 148 valence electrons. The second kappa shape index (κ2) is 8.12. The Labute approximate surface area is 171 Å². The summed E-state index contributed by atoms with van der Waals surface area (Å²) >= 11 is 7.01. The van der Waals surface area contributed by atoms with Gasteiger partial charge in [0, 0.05) is 13.1 Å². The summed E-state index contributed by atoms with van der Waals surface area (Å²) in [6.07, 6.45) is 0. The summed E-state index contributed by atoms with van der Waals surface area (Å²) in [4.78, 5) is 16.8. The lowest BCUT2D eigenvalue weighted by atomic mass is 10.2. The van der Waals surface area contributed by atoms with Crippen molar-refractivity contribution in [1.29, 1.82) is 0 Å². The van der Waals surface area contributed by atoms with E-state index in [0.29, 0.717) is 23.3 Å². The Morgan fingerprint density at radius 2 is 1.96 bits per heavy atom. The molecule has 2 aromatic carbocycles. The molecule has 3 aromatic rings. The fourth-order valence-electron chi connectivity index (χ4n) is 2.71. The van der Waals surface area contributed by atoms with Gasteiger partial charge in [0.05, 0.1) is 25.7 Å². The Bertz CT molecular complexity index is 1120. The van der Waals surface area contributed by atoms with Gasteiger partial charge in [-0.1, -0.05) is 42.9 Å². The molecular formula is C18H17ClFN3O3S2. The van der Waals surface area contributed by atoms with Gasteiger partial charge in [0.2, 0.25) is 10.0 Å². The molecule has 0 aliphatic rings. The lowest BCUT2D eigenvalue weighted by Crippen LogP contribution is -2.30. The fraction of sp³-hybridized carbons (Fsp3) is 0.222. The van der Waals surface area contributed by atoms with Crippen molar-refractivity contribution < 1.29 is 17.6 Å². The Balaban J connectivity index is 1.92. The fourth-order valence-corrected chi connectivity index (χ4v) is 5.41. The molecule has 3 rings (SSSR count). The molecule has 0 saturated carbocycles. The van der Waals surface area contributed by atoms with Gasteiger partial charge in [-0.25, -0.2) is 17.8 Å². The van der Waals surface area contributed by atoms with Crippen molar-refractivity contribution in [3.63, 3.8) is 0 Å². The number of halogens is 2. The molecule has 1 N–H and O–H groups in total. The van der Waals surface area contributed by atoms with Crippen LogP contribution in [-0.2, 0) is 10.0 Å². The zero-order valence-electron chi connectivity index (χ0n) is 15.1. The van der Waals surface area contributed by atoms with Gasteiger partial charge in [-0.3, -0.25) is 10.1 Å². The Morgan fingerprint density at radius 3 is 2.61 bits per heavy atom. The molecule has 28 heavy (non-hydrogen) atoms. The molecular weight excluding hydrogens is 425 g/mol. The lowest BCUT2D eigenvalue weighted by Gasteiger charge is -2.18. The first-order valence-corrected chi connectivity index (χ1v) is 11.1. The zero-order valence-corrected chi connectivity index (χ0v) is 17.5. The summed E-state index contributed by atoms with van der Waals surface area (Å²) < 4.78 is 41.2. The molecule has 0 aliphatic carbocycles. The summed E-state index contributed by atoms with van der Waals surface area (Å²) in [6, 6.07) is 8.55. The van der Waals surface area contributed by atoms with Crippen LogP contribution in [0.3, 0.4) is 0 Å². The van der Waals surface area contributed by atoms with Crippen LogP contribution in [0, 0.1) is 5.82 Å². The average Bonchev–Trinajstić information content (AvgIpc) is 3.03. The number of amides is 1. The number of nitrogens with one attached hydrogen (secondary N) is 1. The van der Waals surface area contributed by atoms with Crippen molar-refractivity contribution in [3.8, 4) is 0 Å². The van der Waals surface area contributed by atoms with Crippen molar-refractivity contribution in [3.05, 3.63) is 52.8 Å². The SMILES string of the molecule is CCN(CC)S(=O)(=O)c1ccc2nc(NC(=O)c3c(F)cccc3Cl)sc2c1. The number of carbonyl (C=O) groups excluding carboxylic acids is 1. The van der Waals surface area contributed by atoms with Gasteiger partial charge in [-0.2, -0.15) is 4.31 Å². The first-order valence-electron chi connectivity index (χ1n) is 8.44. The zero-order chi connectivity index (χ0) is 20.5. The van der Waals surface area contributed by atoms with Gasteiger partial charge in [-0.15, -0.1) is 0 Å². The lowest BCUT2D eigenvalue weighted by molar-refractivity contribution is 0.102. The number of thiazole rings is 1. The van der Waals surface area contributed by atoms with Gasteiger partial charge in [0.25, 0.3) is 5.91 Å². The number of sulfonamides is 1. The average molecular weight is 442 g/mol. The van der Waals surface area contributed by atoms with Crippen LogP contribution in [0.15, 0.2) is 41.3 Å². The predicted molar refractivity (Wildman–Crippen MR) is 109 cm³/mol. The number of fused-ring (bicyclic) bond motifs is 1. The van der Waals surface area contributed by atoms with E-state index in [4.69, 9.17) is 11.6 Å². The standard InChI is InChI=1S/C18H17ClFN3O3S2/c1-3-23(4-2)28(25,26)11-8-9-14-15(10-11)27-18(21-14)22-17(24)16-12(19)6-5-7-13(16)20/h5-10H,3-4H2,1-2H3,(H,21,22,24). The van der Waals surface area contributed by atoms with Crippen LogP contribution in [0.5, 0.6) is 0 Å². The van der Waals surface area contributed by atoms with Crippen LogP contribution in [0.2, 0.25) is 5.02 Å². The summed E-state index contributed by atoms with van der Waals surface area (Å²) in [5.41, 5.74) is 0.256. The van der Waals surface area contributed by atoms with Crippen LogP contribution in [-0.4, -0.2) is 36.7 Å². The van der Waals surface area contributed by atoms with Crippen LogP contribution in [0.4, 0.5) is 9.52 Å². The van der Waals surface area contributed by atoms with Gasteiger partial charge < -0.3 is 0 Å². The second-order valence-electron chi connectivity index (χ2n) is 5.79. The minimum atomic E-state index is -3.60. The van der Waals surface area contributed by atoms with E-state index in [2.05, 4.69) is 10.3 Å². The number of anilines is 1. The summed E-state index contributed by atoms with van der Waals surface area (Å²) in [5.74, 6) is -1.46. The van der Waals surface area contributed by atoms with Gasteiger partial charge >= 0.3 is 0 Å². The Hall–Kier alpha value is -2.07. The molecule has 0 radical (unpaired) electrons. The first kappa shape index (κ1) is 20.7. The first-order chi connectivity index (χ1) is 13.3. The minimum absolute atomic E-state index is 0.00814. The van der Waals surface area contributed by atoms with E-state index in [1.54, 1.807) is 19.9 Å². The second-order valence-corrected chi connectivity index (χ2v) is 9.16. The highest BCUT2D eigenvalue weighted by molar-refractivity contribution is 7.89. The van der Waals surface area contributed by atoms with E-state index in [0.717, 1.165) is 17.4 Å². The molecule has 10 heteroatoms. The van der Waals surface area contributed by atoms with Crippen LogP contribution in [0.25, 0.3) is 10.2 Å². The van der Waals surface area contributed by atoms with E-state index < -0.39 is 21.7 Å². The maximum atomic E-state index is 13.9. The highest BCUT2D eigenvalue weighted by Crippen LogP contribution is 2.30. The summed E-state index contributed by atoms with van der Waals surface area (Å²) in [6.45, 7) is 4.27. The van der Waals surface area contributed by atoms with Gasteiger partial charge in [0.1, 0.15) is 5.82 Å². The number of hydrogen-bond donors (Lipinski definition) is 1. The third-order valence-corrected chi connectivity index (χ3v) is 7.41. The highest BCUT2D eigenvalue weighted by Gasteiger charge is 2.23. The van der Waals surface area contributed by atoms with Crippen LogP contribution < -0.4 is 5.32 Å². The number of aromatic nitrogens is 1. The molecule has 0 spiro atoms. The molecule has 0 aliphatic heterocycles. The summed E-state index contributed by atoms with van der Waals surface area (Å²) in [5, 5.41) is 2.73. The Kier molecular flexibility index (Phi) is 5.99. The molecule has 0 atom stereocenters. The topological polar surface area (TPSA) is 79.4 Å².